The summed E-state index contributed by atoms with van der Waals surface area (Å²) in [6.07, 6.45) is -4.42. The highest BCUT2D eigenvalue weighted by molar-refractivity contribution is 7.98. The van der Waals surface area contributed by atoms with Crippen LogP contribution in [0.5, 0.6) is 5.75 Å². The average Bonchev–Trinajstić information content (AvgIpc) is 3.22. The second-order valence-corrected chi connectivity index (χ2v) is 7.98. The number of aromatic nitrogens is 3. The van der Waals surface area contributed by atoms with Gasteiger partial charge in [-0.3, -0.25) is 4.57 Å². The van der Waals surface area contributed by atoms with Gasteiger partial charge >= 0.3 is 6.18 Å². The molecule has 0 N–H and O–H groups in total. The maximum Gasteiger partial charge on any atom is 0.416 e. The fourth-order valence-electron chi connectivity index (χ4n) is 3.25. The van der Waals surface area contributed by atoms with E-state index in [2.05, 4.69) is 10.2 Å². The predicted octanol–water partition coefficient (Wildman–Crippen LogP) is 6.78. The highest BCUT2D eigenvalue weighted by Gasteiger charge is 2.30. The predicted molar refractivity (Wildman–Crippen MR) is 119 cm³/mol. The lowest BCUT2D eigenvalue weighted by molar-refractivity contribution is -0.137. The van der Waals surface area contributed by atoms with Crippen LogP contribution in [0.3, 0.4) is 0 Å². The minimum absolute atomic E-state index is 0.208. The zero-order valence-corrected chi connectivity index (χ0v) is 18.3. The molecule has 0 amide bonds. The number of alkyl halides is 3. The number of benzene rings is 3. The van der Waals surface area contributed by atoms with Crippen molar-refractivity contribution in [1.82, 2.24) is 14.8 Å². The number of thioether (sulfide) groups is 1. The molecule has 3 aromatic carbocycles. The Hall–Kier alpha value is -3.33. The molecular weight excluding hydrogens is 454 g/mol. The van der Waals surface area contributed by atoms with Crippen molar-refractivity contribution < 1.29 is 22.3 Å². The highest BCUT2D eigenvalue weighted by atomic mass is 32.2. The van der Waals surface area contributed by atoms with Gasteiger partial charge in [0.2, 0.25) is 0 Å². The van der Waals surface area contributed by atoms with Crippen molar-refractivity contribution in [3.05, 3.63) is 89.7 Å². The molecular formula is C24H19F4N3OS. The smallest absolute Gasteiger partial charge is 0.416 e. The van der Waals surface area contributed by atoms with Gasteiger partial charge < -0.3 is 4.74 Å². The normalized spacial score (nSPS) is 11.5. The summed E-state index contributed by atoms with van der Waals surface area (Å²) in [5.41, 5.74) is 0.699. The van der Waals surface area contributed by atoms with Gasteiger partial charge in [-0.2, -0.15) is 13.2 Å². The summed E-state index contributed by atoms with van der Waals surface area (Å²) >= 11 is 1.18. The number of halogens is 4. The zero-order valence-electron chi connectivity index (χ0n) is 17.5. The second kappa shape index (κ2) is 9.66. The summed E-state index contributed by atoms with van der Waals surface area (Å²) in [4.78, 5) is 0. The quantitative estimate of drug-likeness (QED) is 0.219. The maximum absolute atomic E-state index is 14.7. The first-order valence-corrected chi connectivity index (χ1v) is 11.1. The van der Waals surface area contributed by atoms with E-state index in [1.54, 1.807) is 53.1 Å². The van der Waals surface area contributed by atoms with Crippen molar-refractivity contribution in [2.24, 2.45) is 0 Å². The maximum atomic E-state index is 14.7. The van der Waals surface area contributed by atoms with Crippen LogP contribution in [0, 0.1) is 5.82 Å². The molecule has 0 saturated heterocycles. The van der Waals surface area contributed by atoms with Crippen LogP contribution in [-0.4, -0.2) is 21.4 Å². The number of hydrogen-bond donors (Lipinski definition) is 0. The molecule has 1 aromatic heterocycles. The first-order valence-electron chi connectivity index (χ1n) is 10.1. The van der Waals surface area contributed by atoms with E-state index < -0.39 is 17.6 Å². The third kappa shape index (κ3) is 5.19. The molecule has 0 spiro atoms. The van der Waals surface area contributed by atoms with Crippen LogP contribution >= 0.6 is 11.8 Å². The van der Waals surface area contributed by atoms with Gasteiger partial charge in [-0.05, 0) is 55.0 Å². The molecule has 170 valence electrons. The van der Waals surface area contributed by atoms with Crippen LogP contribution < -0.4 is 4.74 Å². The van der Waals surface area contributed by atoms with E-state index in [4.69, 9.17) is 4.74 Å². The third-order valence-electron chi connectivity index (χ3n) is 4.77. The highest BCUT2D eigenvalue weighted by Crippen LogP contribution is 2.33. The molecule has 4 rings (SSSR count). The summed E-state index contributed by atoms with van der Waals surface area (Å²) in [6.45, 7) is 2.41. The van der Waals surface area contributed by atoms with Gasteiger partial charge in [-0.1, -0.05) is 42.1 Å². The Morgan fingerprint density at radius 1 is 0.939 bits per heavy atom. The molecule has 0 atom stereocenters. The van der Waals surface area contributed by atoms with E-state index in [0.717, 1.165) is 12.1 Å². The molecule has 33 heavy (non-hydrogen) atoms. The Morgan fingerprint density at radius 2 is 1.70 bits per heavy atom. The number of rotatable bonds is 7. The van der Waals surface area contributed by atoms with Gasteiger partial charge in [-0.25, -0.2) is 4.39 Å². The molecule has 0 bridgehead atoms. The van der Waals surface area contributed by atoms with Crippen molar-refractivity contribution in [1.29, 1.82) is 0 Å². The molecule has 4 aromatic rings. The first kappa shape index (κ1) is 22.8. The lowest BCUT2D eigenvalue weighted by atomic mass is 10.1. The molecule has 9 heteroatoms. The molecule has 0 unspecified atom stereocenters. The van der Waals surface area contributed by atoms with E-state index in [1.165, 1.54) is 23.9 Å². The van der Waals surface area contributed by atoms with Gasteiger partial charge in [0.25, 0.3) is 0 Å². The van der Waals surface area contributed by atoms with E-state index in [9.17, 15) is 17.6 Å². The fraction of sp³-hybridized carbons (Fsp3) is 0.167. The molecule has 0 aliphatic carbocycles. The second-order valence-electron chi connectivity index (χ2n) is 7.04. The number of nitrogens with zero attached hydrogens (tertiary/aromatic N) is 3. The van der Waals surface area contributed by atoms with Crippen LogP contribution in [0.1, 0.15) is 18.1 Å². The molecule has 0 saturated carbocycles. The summed E-state index contributed by atoms with van der Waals surface area (Å²) in [5.74, 6) is 0.845. The summed E-state index contributed by atoms with van der Waals surface area (Å²) in [7, 11) is 0. The van der Waals surface area contributed by atoms with Crippen molar-refractivity contribution in [2.45, 2.75) is 24.0 Å². The lowest BCUT2D eigenvalue weighted by Gasteiger charge is -2.12. The summed E-state index contributed by atoms with van der Waals surface area (Å²) in [6, 6.07) is 18.5. The molecule has 1 heterocycles. The van der Waals surface area contributed by atoms with E-state index in [0.29, 0.717) is 34.5 Å². The molecule has 0 fully saturated rings. The lowest BCUT2D eigenvalue weighted by Crippen LogP contribution is -2.05. The summed E-state index contributed by atoms with van der Waals surface area (Å²) < 4.78 is 60.9. The number of hydrogen-bond acceptors (Lipinski definition) is 4. The van der Waals surface area contributed by atoms with Crippen LogP contribution in [0.4, 0.5) is 17.6 Å². The Bertz CT molecular complexity index is 1240. The SMILES string of the molecule is CCOc1ccc(-c2nnc(SCc3cccc(C(F)(F)F)c3)n2-c2ccccc2F)cc1. The van der Waals surface area contributed by atoms with E-state index >= 15 is 0 Å². The molecule has 0 aliphatic rings. The third-order valence-corrected chi connectivity index (χ3v) is 5.77. The van der Waals surface area contributed by atoms with Crippen LogP contribution in [0.25, 0.3) is 17.1 Å². The van der Waals surface area contributed by atoms with Gasteiger partial charge in [0.1, 0.15) is 11.6 Å². The number of para-hydroxylation sites is 1. The zero-order chi connectivity index (χ0) is 23.4. The van der Waals surface area contributed by atoms with Crippen LogP contribution in [0.15, 0.2) is 78.0 Å². The first-order chi connectivity index (χ1) is 15.9. The van der Waals surface area contributed by atoms with Gasteiger partial charge in [0.15, 0.2) is 11.0 Å². The minimum Gasteiger partial charge on any atom is -0.494 e. The van der Waals surface area contributed by atoms with E-state index in [-0.39, 0.29) is 11.4 Å². The van der Waals surface area contributed by atoms with Gasteiger partial charge in [-0.15, -0.1) is 10.2 Å². The van der Waals surface area contributed by atoms with Crippen molar-refractivity contribution in [3.63, 3.8) is 0 Å². The Labute approximate surface area is 192 Å². The van der Waals surface area contributed by atoms with Crippen molar-refractivity contribution in [2.75, 3.05) is 6.61 Å². The van der Waals surface area contributed by atoms with Crippen molar-refractivity contribution >= 4 is 11.8 Å². The molecule has 4 nitrogen and oxygen atoms in total. The standard InChI is InChI=1S/C24H19F4N3OS/c1-2-32-19-12-10-17(11-13-19)22-29-30-23(31(22)21-9-4-3-8-20(21)25)33-15-16-6-5-7-18(14-16)24(26,27)28/h3-14H,2,15H2,1H3. The monoisotopic (exact) mass is 473 g/mol. The van der Waals surface area contributed by atoms with Crippen molar-refractivity contribution in [3.8, 4) is 22.8 Å². The van der Waals surface area contributed by atoms with Gasteiger partial charge in [0.05, 0.1) is 17.9 Å². The largest absolute Gasteiger partial charge is 0.494 e. The Balaban J connectivity index is 1.70. The minimum atomic E-state index is -4.42. The fourth-order valence-corrected chi connectivity index (χ4v) is 4.14. The van der Waals surface area contributed by atoms with Crippen LogP contribution in [-0.2, 0) is 11.9 Å². The Morgan fingerprint density at radius 3 is 2.39 bits per heavy atom. The average molecular weight is 473 g/mol. The number of ether oxygens (including phenoxy) is 1. The Kier molecular flexibility index (Phi) is 6.69. The summed E-state index contributed by atoms with van der Waals surface area (Å²) in [5, 5.41) is 8.83. The van der Waals surface area contributed by atoms with Gasteiger partial charge in [0, 0.05) is 11.3 Å². The van der Waals surface area contributed by atoms with E-state index in [1.807, 2.05) is 6.92 Å². The van der Waals surface area contributed by atoms with Crippen LogP contribution in [0.2, 0.25) is 0 Å². The molecule has 0 radical (unpaired) electrons. The topological polar surface area (TPSA) is 39.9 Å². The molecule has 0 aliphatic heterocycles.